The van der Waals surface area contributed by atoms with E-state index in [1.54, 1.807) is 6.92 Å². The zero-order chi connectivity index (χ0) is 19.8. The minimum Gasteiger partial charge on any atom is -0.482 e. The van der Waals surface area contributed by atoms with E-state index >= 15 is 0 Å². The Balaban J connectivity index is 1.58. The van der Waals surface area contributed by atoms with Gasteiger partial charge < -0.3 is 19.9 Å². The summed E-state index contributed by atoms with van der Waals surface area (Å²) >= 11 is 0. The molecule has 0 bridgehead atoms. The highest BCUT2D eigenvalue weighted by Crippen LogP contribution is 2.25. The first kappa shape index (κ1) is 20.4. The highest BCUT2D eigenvalue weighted by molar-refractivity contribution is 5.71. The van der Waals surface area contributed by atoms with Crippen LogP contribution in [-0.2, 0) is 22.4 Å². The number of benzene rings is 2. The van der Waals surface area contributed by atoms with E-state index in [-0.39, 0.29) is 12.6 Å². The zero-order valence-corrected chi connectivity index (χ0v) is 16.4. The van der Waals surface area contributed by atoms with Crippen molar-refractivity contribution in [2.24, 2.45) is 0 Å². The van der Waals surface area contributed by atoms with Crippen LogP contribution in [0.1, 0.15) is 42.6 Å². The Morgan fingerprint density at radius 3 is 2.82 bits per heavy atom. The van der Waals surface area contributed by atoms with Gasteiger partial charge in [0.25, 0.3) is 0 Å². The molecular formula is C23H29NO4. The van der Waals surface area contributed by atoms with E-state index < -0.39 is 6.10 Å². The third-order valence-corrected chi connectivity index (χ3v) is 5.09. The number of hydrogen-bond donors (Lipinski definition) is 2. The van der Waals surface area contributed by atoms with Gasteiger partial charge in [-0.05, 0) is 61.4 Å². The number of aliphatic hydroxyl groups excluding tert-OH is 1. The molecule has 0 radical (unpaired) electrons. The molecular weight excluding hydrogens is 354 g/mol. The van der Waals surface area contributed by atoms with Crippen molar-refractivity contribution in [3.63, 3.8) is 0 Å². The van der Waals surface area contributed by atoms with E-state index in [1.807, 2.05) is 42.5 Å². The van der Waals surface area contributed by atoms with Crippen LogP contribution in [0.25, 0.3) is 0 Å². The molecule has 2 unspecified atom stereocenters. The molecule has 1 aliphatic rings. The lowest BCUT2D eigenvalue weighted by molar-refractivity contribution is -0.145. The number of ether oxygens (including phenoxy) is 2. The molecule has 1 aliphatic carbocycles. The SMILES string of the molecule is CCOC(=O)COc1ccc2c(c1)CC(NCC(O)c1ccccc1)CCC2. The van der Waals surface area contributed by atoms with E-state index in [9.17, 15) is 9.90 Å². The van der Waals surface area contributed by atoms with E-state index in [0.717, 1.165) is 31.2 Å². The molecule has 0 saturated carbocycles. The maximum absolute atomic E-state index is 11.5. The molecule has 0 aliphatic heterocycles. The van der Waals surface area contributed by atoms with Gasteiger partial charge in [0.15, 0.2) is 6.61 Å². The van der Waals surface area contributed by atoms with Gasteiger partial charge in [-0.15, -0.1) is 0 Å². The van der Waals surface area contributed by atoms with E-state index in [4.69, 9.17) is 9.47 Å². The molecule has 150 valence electrons. The van der Waals surface area contributed by atoms with Crippen LogP contribution in [0.2, 0.25) is 0 Å². The number of esters is 1. The van der Waals surface area contributed by atoms with Crippen LogP contribution >= 0.6 is 0 Å². The van der Waals surface area contributed by atoms with Crippen molar-refractivity contribution in [3.8, 4) is 5.75 Å². The summed E-state index contributed by atoms with van der Waals surface area (Å²) in [4.78, 5) is 11.5. The predicted molar refractivity (Wildman–Crippen MR) is 108 cm³/mol. The van der Waals surface area contributed by atoms with Crippen molar-refractivity contribution < 1.29 is 19.4 Å². The number of aliphatic hydroxyl groups is 1. The Hall–Kier alpha value is -2.37. The van der Waals surface area contributed by atoms with E-state index in [2.05, 4.69) is 11.4 Å². The largest absolute Gasteiger partial charge is 0.482 e. The molecule has 2 atom stereocenters. The molecule has 0 amide bonds. The summed E-state index contributed by atoms with van der Waals surface area (Å²) in [7, 11) is 0. The van der Waals surface area contributed by atoms with Gasteiger partial charge in [0.05, 0.1) is 12.7 Å². The van der Waals surface area contributed by atoms with Crippen molar-refractivity contribution in [2.45, 2.75) is 44.8 Å². The maximum atomic E-state index is 11.5. The fourth-order valence-electron chi connectivity index (χ4n) is 3.62. The first-order chi connectivity index (χ1) is 13.7. The molecule has 3 rings (SSSR count). The number of hydrogen-bond acceptors (Lipinski definition) is 5. The Kier molecular flexibility index (Phi) is 7.46. The number of carbonyl (C=O) groups excluding carboxylic acids is 1. The van der Waals surface area contributed by atoms with Gasteiger partial charge >= 0.3 is 5.97 Å². The third kappa shape index (κ3) is 5.81. The van der Waals surface area contributed by atoms with Crippen LogP contribution in [0.15, 0.2) is 48.5 Å². The van der Waals surface area contributed by atoms with Crippen LogP contribution in [-0.4, -0.2) is 36.9 Å². The zero-order valence-electron chi connectivity index (χ0n) is 16.4. The highest BCUT2D eigenvalue weighted by atomic mass is 16.6. The Morgan fingerprint density at radius 1 is 1.21 bits per heavy atom. The van der Waals surface area contributed by atoms with Crippen LogP contribution < -0.4 is 10.1 Å². The molecule has 0 aromatic heterocycles. The van der Waals surface area contributed by atoms with Crippen LogP contribution in [0.3, 0.4) is 0 Å². The normalized spacial score (nSPS) is 17.3. The van der Waals surface area contributed by atoms with Crippen LogP contribution in [0.5, 0.6) is 5.75 Å². The van der Waals surface area contributed by atoms with Gasteiger partial charge in [-0.2, -0.15) is 0 Å². The van der Waals surface area contributed by atoms with Gasteiger partial charge in [-0.1, -0.05) is 36.4 Å². The molecule has 5 nitrogen and oxygen atoms in total. The monoisotopic (exact) mass is 383 g/mol. The molecule has 0 saturated heterocycles. The molecule has 0 fully saturated rings. The quantitative estimate of drug-likeness (QED) is 0.541. The van der Waals surface area contributed by atoms with Crippen molar-refractivity contribution in [2.75, 3.05) is 19.8 Å². The Labute approximate surface area is 166 Å². The summed E-state index contributed by atoms with van der Waals surface area (Å²) in [6, 6.07) is 16.1. The van der Waals surface area contributed by atoms with Crippen molar-refractivity contribution >= 4 is 5.97 Å². The second kappa shape index (κ2) is 10.2. The summed E-state index contributed by atoms with van der Waals surface area (Å²) in [5.74, 6) is 0.337. The number of carbonyl (C=O) groups is 1. The Morgan fingerprint density at radius 2 is 2.04 bits per heavy atom. The van der Waals surface area contributed by atoms with Crippen LogP contribution in [0, 0.1) is 0 Å². The second-order valence-electron chi connectivity index (χ2n) is 7.15. The minimum absolute atomic E-state index is 0.0719. The molecule has 28 heavy (non-hydrogen) atoms. The maximum Gasteiger partial charge on any atom is 0.344 e. The summed E-state index contributed by atoms with van der Waals surface area (Å²) in [6.07, 6.45) is 3.58. The lowest BCUT2D eigenvalue weighted by Crippen LogP contribution is -2.34. The number of rotatable bonds is 8. The molecule has 5 heteroatoms. The summed E-state index contributed by atoms with van der Waals surface area (Å²) in [5, 5.41) is 13.9. The second-order valence-corrected chi connectivity index (χ2v) is 7.15. The lowest BCUT2D eigenvalue weighted by atomic mass is 10.0. The highest BCUT2D eigenvalue weighted by Gasteiger charge is 2.18. The number of nitrogens with one attached hydrogen (secondary N) is 1. The van der Waals surface area contributed by atoms with Crippen molar-refractivity contribution in [1.82, 2.24) is 5.32 Å². The number of aryl methyl sites for hydroxylation is 1. The molecule has 0 heterocycles. The smallest absolute Gasteiger partial charge is 0.344 e. The summed E-state index contributed by atoms with van der Waals surface area (Å²) in [5.41, 5.74) is 3.50. The lowest BCUT2D eigenvalue weighted by Gasteiger charge is -2.20. The first-order valence-corrected chi connectivity index (χ1v) is 10.0. The molecule has 2 aromatic rings. The summed E-state index contributed by atoms with van der Waals surface area (Å²) < 4.78 is 10.5. The van der Waals surface area contributed by atoms with Crippen LogP contribution in [0.4, 0.5) is 0 Å². The topological polar surface area (TPSA) is 67.8 Å². The fourth-order valence-corrected chi connectivity index (χ4v) is 3.62. The Bertz CT molecular complexity index is 762. The predicted octanol–water partition coefficient (Wildman–Crippen LogP) is 3.20. The standard InChI is InChI=1S/C23H29NO4/c1-2-27-23(26)16-28-21-12-11-17-9-6-10-20(13-19(17)14-21)24-15-22(25)18-7-4-3-5-8-18/h3-5,7-8,11-12,14,20,22,24-25H,2,6,9-10,13,15-16H2,1H3. The van der Waals surface area contributed by atoms with Gasteiger partial charge in [-0.3, -0.25) is 0 Å². The summed E-state index contributed by atoms with van der Waals surface area (Å²) in [6.45, 7) is 2.59. The molecule has 2 N–H and O–H groups in total. The molecule has 0 spiro atoms. The van der Waals surface area contributed by atoms with E-state index in [0.29, 0.717) is 24.9 Å². The first-order valence-electron chi connectivity index (χ1n) is 10.0. The van der Waals surface area contributed by atoms with Gasteiger partial charge in [0.1, 0.15) is 5.75 Å². The fraction of sp³-hybridized carbons (Fsp3) is 0.435. The van der Waals surface area contributed by atoms with Crippen molar-refractivity contribution in [1.29, 1.82) is 0 Å². The molecule has 2 aromatic carbocycles. The average molecular weight is 383 g/mol. The van der Waals surface area contributed by atoms with Gasteiger partial charge in [-0.25, -0.2) is 4.79 Å². The number of fused-ring (bicyclic) bond motifs is 1. The van der Waals surface area contributed by atoms with Crippen molar-refractivity contribution in [3.05, 3.63) is 65.2 Å². The van der Waals surface area contributed by atoms with Gasteiger partial charge in [0.2, 0.25) is 0 Å². The average Bonchev–Trinajstić information content (AvgIpc) is 2.92. The third-order valence-electron chi connectivity index (χ3n) is 5.09. The minimum atomic E-state index is -0.511. The van der Waals surface area contributed by atoms with Gasteiger partial charge in [0, 0.05) is 12.6 Å². The van der Waals surface area contributed by atoms with E-state index in [1.165, 1.54) is 11.1 Å².